The number of hydrogen-bond acceptors (Lipinski definition) is 2. The lowest BCUT2D eigenvalue weighted by atomic mass is 9.85. The molecule has 144 valence electrons. The van der Waals surface area contributed by atoms with E-state index < -0.39 is 5.60 Å². The summed E-state index contributed by atoms with van der Waals surface area (Å²) < 4.78 is 0. The Hall–Kier alpha value is -3.37. The van der Waals surface area contributed by atoms with Crippen molar-refractivity contribution in [3.8, 4) is 0 Å². The molecule has 1 amide bonds. The SMILES string of the molecule is Cc1ccccc1CN1C(=O)[C@@](O)(c2c(C)[nH]c3ccccc23)c2ccccc21. The lowest BCUT2D eigenvalue weighted by Crippen LogP contribution is -2.41. The Morgan fingerprint density at radius 3 is 2.45 bits per heavy atom. The van der Waals surface area contributed by atoms with Gasteiger partial charge in [0, 0.05) is 27.7 Å². The number of benzene rings is 3. The maximum Gasteiger partial charge on any atom is 0.268 e. The second-order valence-corrected chi connectivity index (χ2v) is 7.72. The zero-order valence-electron chi connectivity index (χ0n) is 16.4. The van der Waals surface area contributed by atoms with Gasteiger partial charge in [0.05, 0.1) is 12.2 Å². The van der Waals surface area contributed by atoms with Gasteiger partial charge in [0.25, 0.3) is 5.91 Å². The fourth-order valence-electron chi connectivity index (χ4n) is 4.53. The number of amides is 1. The summed E-state index contributed by atoms with van der Waals surface area (Å²) in [6.07, 6.45) is 0. The van der Waals surface area contributed by atoms with Crippen LogP contribution in [0.3, 0.4) is 0 Å². The van der Waals surface area contributed by atoms with E-state index in [1.165, 1.54) is 0 Å². The highest BCUT2D eigenvalue weighted by Crippen LogP contribution is 2.47. The van der Waals surface area contributed by atoms with Gasteiger partial charge >= 0.3 is 0 Å². The summed E-state index contributed by atoms with van der Waals surface area (Å²) in [6, 6.07) is 23.4. The normalized spacial score (nSPS) is 18.4. The van der Waals surface area contributed by atoms with E-state index in [1.807, 2.05) is 86.6 Å². The van der Waals surface area contributed by atoms with Crippen molar-refractivity contribution in [1.82, 2.24) is 4.98 Å². The first kappa shape index (κ1) is 17.7. The molecule has 1 aliphatic heterocycles. The highest BCUT2D eigenvalue weighted by molar-refractivity contribution is 6.11. The number of nitrogens with zero attached hydrogens (tertiary/aromatic N) is 1. The number of hydrogen-bond donors (Lipinski definition) is 2. The van der Waals surface area contributed by atoms with Gasteiger partial charge in [0.2, 0.25) is 0 Å². The molecule has 0 fully saturated rings. The fraction of sp³-hybridized carbons (Fsp3) is 0.160. The summed E-state index contributed by atoms with van der Waals surface area (Å²) in [7, 11) is 0. The summed E-state index contributed by atoms with van der Waals surface area (Å²) in [5, 5.41) is 12.8. The molecule has 3 aromatic carbocycles. The molecule has 1 aromatic heterocycles. The average Bonchev–Trinajstić information content (AvgIpc) is 3.17. The molecule has 0 aliphatic carbocycles. The van der Waals surface area contributed by atoms with Gasteiger partial charge < -0.3 is 15.0 Å². The van der Waals surface area contributed by atoms with E-state index in [1.54, 1.807) is 4.90 Å². The van der Waals surface area contributed by atoms with Crippen LogP contribution in [0.2, 0.25) is 0 Å². The van der Waals surface area contributed by atoms with Crippen molar-refractivity contribution in [3.05, 3.63) is 101 Å². The van der Waals surface area contributed by atoms with E-state index in [4.69, 9.17) is 0 Å². The van der Waals surface area contributed by atoms with Crippen molar-refractivity contribution < 1.29 is 9.90 Å². The first-order chi connectivity index (χ1) is 14.0. The molecule has 2 heterocycles. The molecule has 0 radical (unpaired) electrons. The van der Waals surface area contributed by atoms with Crippen LogP contribution in [0.1, 0.15) is 27.9 Å². The molecule has 1 atom stereocenters. The molecular weight excluding hydrogens is 360 g/mol. The second-order valence-electron chi connectivity index (χ2n) is 7.72. The summed E-state index contributed by atoms with van der Waals surface area (Å²) in [5.74, 6) is -0.310. The molecule has 0 unspecified atom stereocenters. The third-order valence-electron chi connectivity index (χ3n) is 5.98. The first-order valence-electron chi connectivity index (χ1n) is 9.78. The number of nitrogens with one attached hydrogen (secondary N) is 1. The van der Waals surface area contributed by atoms with Crippen LogP contribution in [0.25, 0.3) is 10.9 Å². The van der Waals surface area contributed by atoms with Crippen LogP contribution in [0.15, 0.2) is 72.8 Å². The van der Waals surface area contributed by atoms with Crippen LogP contribution in [0, 0.1) is 13.8 Å². The van der Waals surface area contributed by atoms with E-state index >= 15 is 0 Å². The van der Waals surface area contributed by atoms with Gasteiger partial charge in [-0.05, 0) is 37.1 Å². The third kappa shape index (κ3) is 2.46. The van der Waals surface area contributed by atoms with Gasteiger partial charge in [-0.3, -0.25) is 4.79 Å². The van der Waals surface area contributed by atoms with Crippen LogP contribution in [-0.4, -0.2) is 16.0 Å². The Labute approximate surface area is 169 Å². The third-order valence-corrected chi connectivity index (χ3v) is 5.98. The number of aromatic nitrogens is 1. The number of fused-ring (bicyclic) bond motifs is 2. The Kier molecular flexibility index (Phi) is 3.86. The maximum atomic E-state index is 13.8. The molecule has 5 rings (SSSR count). The molecular formula is C25H22N2O2. The van der Waals surface area contributed by atoms with E-state index in [9.17, 15) is 9.90 Å². The molecule has 4 aromatic rings. The van der Waals surface area contributed by atoms with Crippen molar-refractivity contribution in [1.29, 1.82) is 0 Å². The van der Waals surface area contributed by atoms with E-state index in [-0.39, 0.29) is 5.91 Å². The zero-order chi connectivity index (χ0) is 20.2. The van der Waals surface area contributed by atoms with Crippen LogP contribution in [-0.2, 0) is 16.9 Å². The number of carbonyl (C=O) groups excluding carboxylic acids is 1. The van der Waals surface area contributed by atoms with Gasteiger partial charge in [0.15, 0.2) is 5.60 Å². The molecule has 4 heteroatoms. The topological polar surface area (TPSA) is 56.3 Å². The van der Waals surface area contributed by atoms with E-state index in [2.05, 4.69) is 4.98 Å². The average molecular weight is 382 g/mol. The summed E-state index contributed by atoms with van der Waals surface area (Å²) in [4.78, 5) is 18.8. The van der Waals surface area contributed by atoms with Gasteiger partial charge in [0.1, 0.15) is 0 Å². The van der Waals surface area contributed by atoms with Crippen LogP contribution >= 0.6 is 0 Å². The molecule has 0 bridgehead atoms. The van der Waals surface area contributed by atoms with Gasteiger partial charge in [-0.15, -0.1) is 0 Å². The van der Waals surface area contributed by atoms with Gasteiger partial charge in [-0.1, -0.05) is 60.7 Å². The van der Waals surface area contributed by atoms with Crippen molar-refractivity contribution in [2.75, 3.05) is 4.90 Å². The minimum Gasteiger partial charge on any atom is -0.372 e. The van der Waals surface area contributed by atoms with E-state index in [0.29, 0.717) is 17.7 Å². The Morgan fingerprint density at radius 1 is 0.931 bits per heavy atom. The number of carbonyl (C=O) groups is 1. The fourth-order valence-corrected chi connectivity index (χ4v) is 4.53. The predicted octanol–water partition coefficient (Wildman–Crippen LogP) is 4.57. The van der Waals surface area contributed by atoms with Crippen molar-refractivity contribution in [2.45, 2.75) is 26.0 Å². The summed E-state index contributed by atoms with van der Waals surface area (Å²) >= 11 is 0. The predicted molar refractivity (Wildman–Crippen MR) is 115 cm³/mol. The second kappa shape index (κ2) is 6.33. The molecule has 0 saturated carbocycles. The van der Waals surface area contributed by atoms with Gasteiger partial charge in [-0.2, -0.15) is 0 Å². The minimum absolute atomic E-state index is 0.310. The largest absolute Gasteiger partial charge is 0.372 e. The van der Waals surface area contributed by atoms with Crippen molar-refractivity contribution in [3.63, 3.8) is 0 Å². The minimum atomic E-state index is -1.72. The standard InChI is InChI=1S/C25H22N2O2/c1-16-9-3-4-10-18(16)15-27-22-14-8-6-12-20(22)25(29,24(27)28)23-17(2)26-21-13-7-5-11-19(21)23/h3-14,26,29H,15H2,1-2H3/t25-/m0/s1. The van der Waals surface area contributed by atoms with Crippen LogP contribution < -0.4 is 4.90 Å². The first-order valence-corrected chi connectivity index (χ1v) is 9.78. The number of anilines is 1. The zero-order valence-corrected chi connectivity index (χ0v) is 16.4. The van der Waals surface area contributed by atoms with Gasteiger partial charge in [-0.25, -0.2) is 0 Å². The van der Waals surface area contributed by atoms with Crippen molar-refractivity contribution in [2.24, 2.45) is 0 Å². The molecule has 29 heavy (non-hydrogen) atoms. The summed E-state index contributed by atoms with van der Waals surface area (Å²) in [5.41, 5.74) is 4.21. The Bertz CT molecular complexity index is 1260. The summed E-state index contributed by atoms with van der Waals surface area (Å²) in [6.45, 7) is 4.37. The number of aromatic amines is 1. The Morgan fingerprint density at radius 2 is 1.62 bits per heavy atom. The Balaban J connectivity index is 1.71. The maximum absolute atomic E-state index is 13.8. The molecule has 2 N–H and O–H groups in total. The smallest absolute Gasteiger partial charge is 0.268 e. The molecule has 0 saturated heterocycles. The molecule has 0 spiro atoms. The lowest BCUT2D eigenvalue weighted by molar-refractivity contribution is -0.132. The monoisotopic (exact) mass is 382 g/mol. The lowest BCUT2D eigenvalue weighted by Gasteiger charge is -2.24. The number of para-hydroxylation sites is 2. The molecule has 4 nitrogen and oxygen atoms in total. The number of aryl methyl sites for hydroxylation is 2. The highest BCUT2D eigenvalue weighted by atomic mass is 16.3. The van der Waals surface area contributed by atoms with E-state index in [0.717, 1.165) is 33.4 Å². The number of rotatable bonds is 3. The van der Waals surface area contributed by atoms with Crippen LogP contribution in [0.4, 0.5) is 5.69 Å². The number of H-pyrrole nitrogens is 1. The molecule has 1 aliphatic rings. The van der Waals surface area contributed by atoms with Crippen LogP contribution in [0.5, 0.6) is 0 Å². The quantitative estimate of drug-likeness (QED) is 0.545. The number of aliphatic hydroxyl groups is 1. The highest BCUT2D eigenvalue weighted by Gasteiger charge is 2.52. The van der Waals surface area contributed by atoms with Crippen molar-refractivity contribution >= 4 is 22.5 Å².